The Bertz CT molecular complexity index is 650. The van der Waals surface area contributed by atoms with Crippen LogP contribution < -0.4 is 0 Å². The van der Waals surface area contributed by atoms with Crippen molar-refractivity contribution in [2.24, 2.45) is 5.92 Å². The molecule has 0 radical (unpaired) electrons. The van der Waals surface area contributed by atoms with Gasteiger partial charge in [-0.2, -0.15) is 4.31 Å². The molecule has 1 saturated carbocycles. The molecule has 1 aromatic rings. The lowest BCUT2D eigenvalue weighted by Crippen LogP contribution is -2.59. The van der Waals surface area contributed by atoms with Gasteiger partial charge in [0.25, 0.3) is 0 Å². The second-order valence-corrected chi connectivity index (χ2v) is 8.54. The molecule has 7 heteroatoms. The van der Waals surface area contributed by atoms with E-state index in [1.165, 1.54) is 4.31 Å². The number of aromatic nitrogens is 1. The lowest BCUT2D eigenvalue weighted by Gasteiger charge is -2.50. The summed E-state index contributed by atoms with van der Waals surface area (Å²) >= 11 is 0. The molecule has 1 saturated heterocycles. The third-order valence-corrected chi connectivity index (χ3v) is 7.63. The van der Waals surface area contributed by atoms with Crippen LogP contribution in [0.25, 0.3) is 0 Å². The highest BCUT2D eigenvalue weighted by Crippen LogP contribution is 2.44. The van der Waals surface area contributed by atoms with Gasteiger partial charge in [0, 0.05) is 18.5 Å². The molecule has 1 N–H and O–H groups in total. The zero-order valence-corrected chi connectivity index (χ0v) is 14.2. The summed E-state index contributed by atoms with van der Waals surface area (Å²) in [6.45, 7) is 5.53. The average Bonchev–Trinajstić information content (AvgIpc) is 2.78. The fourth-order valence-electron chi connectivity index (χ4n) is 4.26. The molecule has 2 fully saturated rings. The largest absolute Gasteiger partial charge is 0.389 e. The smallest absolute Gasteiger partial charge is 0.248 e. The summed E-state index contributed by atoms with van der Waals surface area (Å²) in [4.78, 5) is 0.181. The first-order chi connectivity index (χ1) is 10.3. The minimum absolute atomic E-state index is 0.00486. The van der Waals surface area contributed by atoms with Crippen molar-refractivity contribution in [3.05, 3.63) is 11.5 Å². The Labute approximate surface area is 131 Å². The summed E-state index contributed by atoms with van der Waals surface area (Å²) < 4.78 is 32.6. The Morgan fingerprint density at radius 1 is 1.32 bits per heavy atom. The highest BCUT2D eigenvalue weighted by molar-refractivity contribution is 7.89. The highest BCUT2D eigenvalue weighted by Gasteiger charge is 2.50. The quantitative estimate of drug-likeness (QED) is 0.897. The molecule has 0 aromatic carbocycles. The Kier molecular flexibility index (Phi) is 3.86. The molecular weight excluding hydrogens is 304 g/mol. The molecule has 0 amide bonds. The fourth-order valence-corrected chi connectivity index (χ4v) is 6.22. The van der Waals surface area contributed by atoms with E-state index in [9.17, 15) is 13.5 Å². The molecule has 3 rings (SSSR count). The van der Waals surface area contributed by atoms with E-state index >= 15 is 0 Å². The second kappa shape index (κ2) is 5.32. The lowest BCUT2D eigenvalue weighted by molar-refractivity contribution is -0.101. The van der Waals surface area contributed by atoms with Gasteiger partial charge in [0.15, 0.2) is 5.76 Å². The molecule has 2 heterocycles. The molecule has 0 spiro atoms. The van der Waals surface area contributed by atoms with Gasteiger partial charge in [0.1, 0.15) is 10.6 Å². The predicted octanol–water partition coefficient (Wildman–Crippen LogP) is 2.00. The van der Waals surface area contributed by atoms with E-state index in [2.05, 4.69) is 5.16 Å². The molecule has 2 aliphatic rings. The standard InChI is InChI=1S/C15H24N2O4S/c1-10-14(12(3)21-16-10)22(19,20)17-9-8-15(18)7-5-4-6-13(15)11(17)2/h11,13,18H,4-9H2,1-3H3/t11-,13-,15+/m0/s1. The van der Waals surface area contributed by atoms with Crippen molar-refractivity contribution < 1.29 is 18.0 Å². The third kappa shape index (κ3) is 2.30. The van der Waals surface area contributed by atoms with E-state index in [1.807, 2.05) is 6.92 Å². The van der Waals surface area contributed by atoms with Crippen LogP contribution in [0.3, 0.4) is 0 Å². The minimum Gasteiger partial charge on any atom is -0.389 e. The SMILES string of the molecule is Cc1noc(C)c1S(=O)(=O)N1CC[C@]2(O)CCCC[C@H]2[C@@H]1C. The van der Waals surface area contributed by atoms with E-state index in [0.29, 0.717) is 24.4 Å². The molecule has 1 aliphatic carbocycles. The zero-order chi connectivity index (χ0) is 16.1. The van der Waals surface area contributed by atoms with Gasteiger partial charge in [0.05, 0.1) is 5.60 Å². The van der Waals surface area contributed by atoms with E-state index in [1.54, 1.807) is 13.8 Å². The first-order valence-corrected chi connectivity index (χ1v) is 9.38. The van der Waals surface area contributed by atoms with Crippen LogP contribution >= 0.6 is 0 Å². The van der Waals surface area contributed by atoms with Gasteiger partial charge in [-0.05, 0) is 40.0 Å². The van der Waals surface area contributed by atoms with Crippen molar-refractivity contribution in [1.82, 2.24) is 9.46 Å². The van der Waals surface area contributed by atoms with Crippen LogP contribution in [-0.4, -0.2) is 41.2 Å². The lowest BCUT2D eigenvalue weighted by atomic mass is 9.68. The minimum atomic E-state index is -3.64. The number of nitrogens with zero attached hydrogens (tertiary/aromatic N) is 2. The maximum atomic E-state index is 13.0. The fraction of sp³-hybridized carbons (Fsp3) is 0.800. The van der Waals surface area contributed by atoms with Gasteiger partial charge >= 0.3 is 0 Å². The van der Waals surface area contributed by atoms with Gasteiger partial charge in [-0.15, -0.1) is 0 Å². The normalized spacial score (nSPS) is 33.6. The molecule has 124 valence electrons. The molecular formula is C15H24N2O4S. The number of rotatable bonds is 2. The number of piperidine rings is 1. The van der Waals surface area contributed by atoms with Crippen LogP contribution in [0, 0.1) is 19.8 Å². The van der Waals surface area contributed by atoms with E-state index in [4.69, 9.17) is 4.52 Å². The predicted molar refractivity (Wildman–Crippen MR) is 80.9 cm³/mol. The summed E-state index contributed by atoms with van der Waals surface area (Å²) in [6.07, 6.45) is 4.24. The Balaban J connectivity index is 1.96. The highest BCUT2D eigenvalue weighted by atomic mass is 32.2. The maximum absolute atomic E-state index is 13.0. The van der Waals surface area contributed by atoms with Crippen molar-refractivity contribution in [2.45, 2.75) is 69.4 Å². The summed E-state index contributed by atoms with van der Waals surface area (Å²) in [5, 5.41) is 14.6. The first kappa shape index (κ1) is 16.0. The van der Waals surface area contributed by atoms with Crippen LogP contribution in [0.2, 0.25) is 0 Å². The maximum Gasteiger partial charge on any atom is 0.248 e. The molecule has 1 aliphatic heterocycles. The first-order valence-electron chi connectivity index (χ1n) is 7.94. The average molecular weight is 328 g/mol. The van der Waals surface area contributed by atoms with Crippen LogP contribution in [0.4, 0.5) is 0 Å². The number of fused-ring (bicyclic) bond motifs is 1. The van der Waals surface area contributed by atoms with Gasteiger partial charge in [-0.1, -0.05) is 18.0 Å². The van der Waals surface area contributed by atoms with E-state index in [-0.39, 0.29) is 16.9 Å². The Hall–Kier alpha value is -0.920. The number of aliphatic hydroxyl groups is 1. The number of hydrogen-bond donors (Lipinski definition) is 1. The number of sulfonamides is 1. The Morgan fingerprint density at radius 3 is 2.68 bits per heavy atom. The zero-order valence-electron chi connectivity index (χ0n) is 13.4. The van der Waals surface area contributed by atoms with Gasteiger partial charge in [-0.3, -0.25) is 0 Å². The molecule has 0 unspecified atom stereocenters. The van der Waals surface area contributed by atoms with Crippen molar-refractivity contribution in [2.75, 3.05) is 6.54 Å². The van der Waals surface area contributed by atoms with Crippen molar-refractivity contribution >= 4 is 10.0 Å². The van der Waals surface area contributed by atoms with Crippen molar-refractivity contribution in [3.63, 3.8) is 0 Å². The van der Waals surface area contributed by atoms with Gasteiger partial charge in [0.2, 0.25) is 10.0 Å². The molecule has 1 aromatic heterocycles. The van der Waals surface area contributed by atoms with Crippen molar-refractivity contribution in [3.8, 4) is 0 Å². The molecule has 22 heavy (non-hydrogen) atoms. The van der Waals surface area contributed by atoms with E-state index in [0.717, 1.165) is 25.7 Å². The van der Waals surface area contributed by atoms with Crippen LogP contribution in [0.1, 0.15) is 50.5 Å². The number of hydrogen-bond acceptors (Lipinski definition) is 5. The summed E-state index contributed by atoms with van der Waals surface area (Å²) in [5.41, 5.74) is -0.309. The molecule has 3 atom stereocenters. The summed E-state index contributed by atoms with van der Waals surface area (Å²) in [6, 6.07) is -0.210. The molecule has 6 nitrogen and oxygen atoms in total. The second-order valence-electron chi connectivity index (χ2n) is 6.72. The van der Waals surface area contributed by atoms with Crippen molar-refractivity contribution in [1.29, 1.82) is 0 Å². The van der Waals surface area contributed by atoms with Crippen LogP contribution in [0.15, 0.2) is 9.42 Å². The van der Waals surface area contributed by atoms with Gasteiger partial charge in [-0.25, -0.2) is 8.42 Å². The monoisotopic (exact) mass is 328 g/mol. The van der Waals surface area contributed by atoms with Crippen LogP contribution in [-0.2, 0) is 10.0 Å². The molecule has 0 bridgehead atoms. The van der Waals surface area contributed by atoms with Gasteiger partial charge < -0.3 is 9.63 Å². The number of aryl methyl sites for hydroxylation is 2. The van der Waals surface area contributed by atoms with Crippen LogP contribution in [0.5, 0.6) is 0 Å². The van der Waals surface area contributed by atoms with E-state index < -0.39 is 15.6 Å². The summed E-state index contributed by atoms with van der Waals surface area (Å²) in [5.74, 6) is 0.333. The third-order valence-electron chi connectivity index (χ3n) is 5.40. The Morgan fingerprint density at radius 2 is 2.05 bits per heavy atom. The summed E-state index contributed by atoms with van der Waals surface area (Å²) in [7, 11) is -3.64. The topological polar surface area (TPSA) is 83.6 Å².